The number of rotatable bonds is 1. The van der Waals surface area contributed by atoms with Crippen LogP contribution in [-0.4, -0.2) is 9.97 Å². The van der Waals surface area contributed by atoms with Crippen LogP contribution in [0.15, 0.2) is 40.9 Å². The first-order valence-electron chi connectivity index (χ1n) is 6.91. The molecule has 0 aliphatic heterocycles. The molecule has 0 amide bonds. The van der Waals surface area contributed by atoms with E-state index in [-0.39, 0.29) is 6.04 Å². The molecule has 1 aromatic carbocycles. The Kier molecular flexibility index (Phi) is 2.57. The number of benzene rings is 1. The largest absolute Gasteiger partial charge is 0.453 e. The fraction of sp³-hybridized carbons (Fsp3) is 0.250. The Labute approximate surface area is 116 Å². The second kappa shape index (κ2) is 4.42. The Morgan fingerprint density at radius 2 is 2.15 bits per heavy atom. The molecule has 3 aromatic rings. The van der Waals surface area contributed by atoms with E-state index in [9.17, 15) is 0 Å². The highest BCUT2D eigenvalue weighted by Gasteiger charge is 2.20. The lowest BCUT2D eigenvalue weighted by atomic mass is 9.93. The average Bonchev–Trinajstić information content (AvgIpc) is 2.91. The lowest BCUT2D eigenvalue weighted by Gasteiger charge is -2.20. The van der Waals surface area contributed by atoms with Crippen LogP contribution in [-0.2, 0) is 6.42 Å². The van der Waals surface area contributed by atoms with Gasteiger partial charge >= 0.3 is 0 Å². The number of aromatic nitrogens is 2. The zero-order valence-corrected chi connectivity index (χ0v) is 11.0. The van der Waals surface area contributed by atoms with E-state index in [4.69, 9.17) is 10.2 Å². The number of furan rings is 1. The molecular formula is C16H15N3O. The first kappa shape index (κ1) is 11.6. The highest BCUT2D eigenvalue weighted by Crippen LogP contribution is 2.29. The molecular weight excluding hydrogens is 250 g/mol. The summed E-state index contributed by atoms with van der Waals surface area (Å²) in [7, 11) is 0. The quantitative estimate of drug-likeness (QED) is 0.733. The van der Waals surface area contributed by atoms with Gasteiger partial charge in [0.1, 0.15) is 5.58 Å². The van der Waals surface area contributed by atoms with Gasteiger partial charge in [0.15, 0.2) is 11.6 Å². The minimum absolute atomic E-state index is 0.0727. The van der Waals surface area contributed by atoms with Crippen LogP contribution in [0.25, 0.3) is 22.6 Å². The number of hydrogen-bond acceptors (Lipinski definition) is 4. The Hall–Kier alpha value is -2.20. The SMILES string of the molecule is NC1CCCc2nc(-c3cc4ccccc4o3)ncc21. The number of nitrogens with two attached hydrogens (primary N) is 1. The smallest absolute Gasteiger partial charge is 0.195 e. The molecule has 2 N–H and O–H groups in total. The molecule has 2 aromatic heterocycles. The summed E-state index contributed by atoms with van der Waals surface area (Å²) in [5, 5.41) is 1.07. The van der Waals surface area contributed by atoms with Crippen molar-refractivity contribution in [2.24, 2.45) is 5.73 Å². The van der Waals surface area contributed by atoms with Crippen molar-refractivity contribution in [2.45, 2.75) is 25.3 Å². The second-order valence-electron chi connectivity index (χ2n) is 5.24. The highest BCUT2D eigenvalue weighted by atomic mass is 16.3. The molecule has 0 bridgehead atoms. The number of fused-ring (bicyclic) bond motifs is 2. The van der Waals surface area contributed by atoms with Crippen LogP contribution in [0.1, 0.15) is 30.1 Å². The Balaban J connectivity index is 1.82. The molecule has 100 valence electrons. The molecule has 2 heterocycles. The third-order valence-electron chi connectivity index (χ3n) is 3.87. The molecule has 0 saturated carbocycles. The minimum atomic E-state index is 0.0727. The normalized spacial score (nSPS) is 18.1. The van der Waals surface area contributed by atoms with Gasteiger partial charge in [-0.05, 0) is 31.4 Å². The second-order valence-corrected chi connectivity index (χ2v) is 5.24. The molecule has 4 heteroatoms. The van der Waals surface area contributed by atoms with E-state index in [0.717, 1.165) is 41.5 Å². The van der Waals surface area contributed by atoms with E-state index in [1.165, 1.54) is 0 Å². The molecule has 4 nitrogen and oxygen atoms in total. The van der Waals surface area contributed by atoms with Crippen LogP contribution in [0.3, 0.4) is 0 Å². The summed E-state index contributed by atoms with van der Waals surface area (Å²) in [6, 6.07) is 9.99. The molecule has 1 unspecified atom stereocenters. The average molecular weight is 265 g/mol. The lowest BCUT2D eigenvalue weighted by Crippen LogP contribution is -2.19. The zero-order valence-electron chi connectivity index (χ0n) is 11.0. The molecule has 0 radical (unpaired) electrons. The maximum absolute atomic E-state index is 6.09. The highest BCUT2D eigenvalue weighted by molar-refractivity contribution is 5.81. The molecule has 1 aliphatic carbocycles. The third kappa shape index (κ3) is 1.80. The van der Waals surface area contributed by atoms with E-state index >= 15 is 0 Å². The van der Waals surface area contributed by atoms with Crippen molar-refractivity contribution in [3.05, 3.63) is 47.8 Å². The molecule has 4 rings (SSSR count). The van der Waals surface area contributed by atoms with Gasteiger partial charge in [0, 0.05) is 28.9 Å². The monoisotopic (exact) mass is 265 g/mol. The Morgan fingerprint density at radius 3 is 3.05 bits per heavy atom. The molecule has 1 aliphatic rings. The lowest BCUT2D eigenvalue weighted by molar-refractivity contribution is 0.554. The summed E-state index contributed by atoms with van der Waals surface area (Å²) < 4.78 is 5.82. The Bertz CT molecular complexity index is 745. The van der Waals surface area contributed by atoms with Gasteiger partial charge in [-0.3, -0.25) is 0 Å². The van der Waals surface area contributed by atoms with E-state index in [1.54, 1.807) is 0 Å². The minimum Gasteiger partial charge on any atom is -0.453 e. The molecule has 0 saturated heterocycles. The van der Waals surface area contributed by atoms with E-state index in [2.05, 4.69) is 9.97 Å². The van der Waals surface area contributed by atoms with Gasteiger partial charge in [-0.15, -0.1) is 0 Å². The third-order valence-corrected chi connectivity index (χ3v) is 3.87. The van der Waals surface area contributed by atoms with Crippen molar-refractivity contribution in [3.63, 3.8) is 0 Å². The van der Waals surface area contributed by atoms with Gasteiger partial charge in [-0.25, -0.2) is 9.97 Å². The molecule has 0 fully saturated rings. The summed E-state index contributed by atoms with van der Waals surface area (Å²) in [6.45, 7) is 0. The summed E-state index contributed by atoms with van der Waals surface area (Å²) in [5.74, 6) is 1.36. The maximum Gasteiger partial charge on any atom is 0.195 e. The van der Waals surface area contributed by atoms with Crippen molar-refractivity contribution in [3.8, 4) is 11.6 Å². The van der Waals surface area contributed by atoms with Crippen LogP contribution in [0.4, 0.5) is 0 Å². The topological polar surface area (TPSA) is 64.9 Å². The van der Waals surface area contributed by atoms with E-state index in [1.807, 2.05) is 36.5 Å². The number of para-hydroxylation sites is 1. The van der Waals surface area contributed by atoms with Gasteiger partial charge in [-0.1, -0.05) is 18.2 Å². The number of hydrogen-bond donors (Lipinski definition) is 1. The van der Waals surface area contributed by atoms with E-state index in [0.29, 0.717) is 11.6 Å². The fourth-order valence-corrected chi connectivity index (χ4v) is 2.79. The van der Waals surface area contributed by atoms with Crippen molar-refractivity contribution in [2.75, 3.05) is 0 Å². The van der Waals surface area contributed by atoms with Crippen molar-refractivity contribution in [1.29, 1.82) is 0 Å². The van der Waals surface area contributed by atoms with Crippen molar-refractivity contribution < 1.29 is 4.42 Å². The van der Waals surface area contributed by atoms with Crippen LogP contribution in [0.2, 0.25) is 0 Å². The zero-order chi connectivity index (χ0) is 13.5. The Morgan fingerprint density at radius 1 is 1.25 bits per heavy atom. The number of aryl methyl sites for hydroxylation is 1. The predicted octanol–water partition coefficient (Wildman–Crippen LogP) is 3.23. The van der Waals surface area contributed by atoms with Crippen molar-refractivity contribution >= 4 is 11.0 Å². The van der Waals surface area contributed by atoms with Gasteiger partial charge < -0.3 is 10.2 Å². The van der Waals surface area contributed by atoms with Gasteiger partial charge in [-0.2, -0.15) is 0 Å². The molecule has 20 heavy (non-hydrogen) atoms. The van der Waals surface area contributed by atoms with Crippen LogP contribution in [0.5, 0.6) is 0 Å². The fourth-order valence-electron chi connectivity index (χ4n) is 2.79. The molecule has 0 spiro atoms. The summed E-state index contributed by atoms with van der Waals surface area (Å²) in [6.07, 6.45) is 4.93. The van der Waals surface area contributed by atoms with Crippen LogP contribution < -0.4 is 5.73 Å². The summed E-state index contributed by atoms with van der Waals surface area (Å²) in [4.78, 5) is 9.07. The molecule has 1 atom stereocenters. The van der Waals surface area contributed by atoms with Gasteiger partial charge in [0.2, 0.25) is 0 Å². The standard InChI is InChI=1S/C16H15N3O/c17-12-5-3-6-13-11(12)9-18-16(19-13)15-8-10-4-1-2-7-14(10)20-15/h1-2,4,7-9,12H,3,5-6,17H2. The van der Waals surface area contributed by atoms with E-state index < -0.39 is 0 Å². The van der Waals surface area contributed by atoms with Crippen molar-refractivity contribution in [1.82, 2.24) is 9.97 Å². The van der Waals surface area contributed by atoms with Gasteiger partial charge in [0.05, 0.1) is 0 Å². The first-order chi connectivity index (χ1) is 9.81. The van der Waals surface area contributed by atoms with Crippen LogP contribution in [0, 0.1) is 0 Å². The number of nitrogens with zero attached hydrogens (tertiary/aromatic N) is 2. The summed E-state index contributed by atoms with van der Waals surface area (Å²) in [5.41, 5.74) is 9.10. The predicted molar refractivity (Wildman–Crippen MR) is 77.1 cm³/mol. The first-order valence-corrected chi connectivity index (χ1v) is 6.91. The van der Waals surface area contributed by atoms with Gasteiger partial charge in [0.25, 0.3) is 0 Å². The van der Waals surface area contributed by atoms with Crippen LogP contribution >= 0.6 is 0 Å². The summed E-state index contributed by atoms with van der Waals surface area (Å²) >= 11 is 0. The maximum atomic E-state index is 6.09.